The number of rotatable bonds is 7. The van der Waals surface area contributed by atoms with Crippen molar-refractivity contribution in [3.8, 4) is 5.75 Å². The molecule has 1 atom stereocenters. The second-order valence-corrected chi connectivity index (χ2v) is 9.51. The molecule has 1 aliphatic heterocycles. The molecule has 1 aromatic carbocycles. The van der Waals surface area contributed by atoms with Gasteiger partial charge in [0.1, 0.15) is 22.1 Å². The molecule has 1 fully saturated rings. The van der Waals surface area contributed by atoms with Crippen LogP contribution in [0.4, 0.5) is 5.69 Å². The highest BCUT2D eigenvalue weighted by Crippen LogP contribution is 2.37. The second kappa shape index (κ2) is 10.4. The number of ether oxygens (including phenoxy) is 2. The van der Waals surface area contributed by atoms with Crippen LogP contribution in [0, 0.1) is 0 Å². The average molecular weight is 483 g/mol. The minimum atomic E-state index is -0.133. The van der Waals surface area contributed by atoms with Crippen LogP contribution in [0.15, 0.2) is 36.4 Å². The summed E-state index contributed by atoms with van der Waals surface area (Å²) in [4.78, 5) is 35.4. The Hall–Kier alpha value is -3.17. The molecule has 2 amide bonds. The number of methoxy groups -OCH3 is 1. The summed E-state index contributed by atoms with van der Waals surface area (Å²) in [7, 11) is 5.03. The largest absolute Gasteiger partial charge is 0.491 e. The molecule has 8 nitrogen and oxygen atoms in total. The molecular formula is C25H30N4O4S. The first-order valence-corrected chi connectivity index (χ1v) is 12.2. The number of carbonyl (C=O) groups excluding carboxylic acids is 2. The number of aromatic nitrogens is 1. The molecule has 0 radical (unpaired) electrons. The molecule has 3 aromatic rings. The highest BCUT2D eigenvalue weighted by molar-refractivity contribution is 7.21. The number of hydrogen-bond acceptors (Lipinski definition) is 7. The third-order valence-electron chi connectivity index (χ3n) is 5.98. The Labute approximate surface area is 203 Å². The summed E-state index contributed by atoms with van der Waals surface area (Å²) in [6.45, 7) is 1.64. The van der Waals surface area contributed by atoms with E-state index in [0.29, 0.717) is 41.6 Å². The number of likely N-dealkylation sites (tertiary alicyclic amines) is 1. The molecule has 1 aliphatic rings. The van der Waals surface area contributed by atoms with Crippen LogP contribution in [0.1, 0.15) is 51.0 Å². The van der Waals surface area contributed by atoms with Crippen molar-refractivity contribution in [2.24, 2.45) is 0 Å². The summed E-state index contributed by atoms with van der Waals surface area (Å²) < 4.78 is 10.6. The standard InChI is InChI=1S/C25H30N4O4S/c1-28(2)25(31)22-21(26)18-11-12-19(27-23(18)34-22)20-6-4-5-13-29(20)24(30)16-7-9-17(10-8-16)33-15-14-32-3/h7-12,20H,4-6,13-15,26H2,1-3H3/t20-/m0/s1. The Balaban J connectivity index is 1.58. The molecule has 0 aliphatic carbocycles. The van der Waals surface area contributed by atoms with Gasteiger partial charge in [-0.25, -0.2) is 4.98 Å². The highest BCUT2D eigenvalue weighted by atomic mass is 32.1. The van der Waals surface area contributed by atoms with Gasteiger partial charge in [-0.15, -0.1) is 11.3 Å². The first kappa shape index (κ1) is 24.0. The molecule has 2 N–H and O–H groups in total. The number of fused-ring (bicyclic) bond motifs is 1. The van der Waals surface area contributed by atoms with Crippen molar-refractivity contribution in [3.63, 3.8) is 0 Å². The van der Waals surface area contributed by atoms with E-state index in [4.69, 9.17) is 20.2 Å². The predicted molar refractivity (Wildman–Crippen MR) is 133 cm³/mol. The lowest BCUT2D eigenvalue weighted by Crippen LogP contribution is -2.38. The molecule has 2 aromatic heterocycles. The molecule has 0 bridgehead atoms. The minimum Gasteiger partial charge on any atom is -0.491 e. The van der Waals surface area contributed by atoms with E-state index in [0.717, 1.165) is 35.2 Å². The van der Waals surface area contributed by atoms with Gasteiger partial charge in [0.15, 0.2) is 0 Å². The molecule has 9 heteroatoms. The number of pyridine rings is 1. The number of benzene rings is 1. The molecule has 3 heterocycles. The van der Waals surface area contributed by atoms with Gasteiger partial charge in [-0.1, -0.05) is 0 Å². The van der Waals surface area contributed by atoms with E-state index in [1.165, 1.54) is 16.2 Å². The van der Waals surface area contributed by atoms with E-state index < -0.39 is 0 Å². The van der Waals surface area contributed by atoms with E-state index in [1.54, 1.807) is 33.3 Å². The minimum absolute atomic E-state index is 0.0239. The van der Waals surface area contributed by atoms with Crippen LogP contribution >= 0.6 is 11.3 Å². The average Bonchev–Trinajstić information content (AvgIpc) is 3.19. The maximum absolute atomic E-state index is 13.4. The number of carbonyl (C=O) groups is 2. The summed E-state index contributed by atoms with van der Waals surface area (Å²) >= 11 is 1.30. The van der Waals surface area contributed by atoms with E-state index >= 15 is 0 Å². The van der Waals surface area contributed by atoms with E-state index in [-0.39, 0.29) is 17.9 Å². The van der Waals surface area contributed by atoms with Gasteiger partial charge in [0, 0.05) is 38.7 Å². The van der Waals surface area contributed by atoms with Crippen LogP contribution < -0.4 is 10.5 Å². The Morgan fingerprint density at radius 1 is 1.15 bits per heavy atom. The lowest BCUT2D eigenvalue weighted by molar-refractivity contribution is 0.0606. The number of nitrogens with two attached hydrogens (primary N) is 1. The zero-order valence-electron chi connectivity index (χ0n) is 19.7. The smallest absolute Gasteiger partial charge is 0.265 e. The summed E-state index contributed by atoms with van der Waals surface area (Å²) in [5, 5.41) is 0.775. The number of piperidine rings is 1. The zero-order valence-corrected chi connectivity index (χ0v) is 20.6. The van der Waals surface area contributed by atoms with Gasteiger partial charge in [-0.05, 0) is 55.7 Å². The van der Waals surface area contributed by atoms with Crippen LogP contribution in [0.3, 0.4) is 0 Å². The SMILES string of the molecule is COCCOc1ccc(C(=O)N2CCCC[C@H]2c2ccc3c(N)c(C(=O)N(C)C)sc3n2)cc1. The number of amides is 2. The number of thiophene rings is 1. The van der Waals surface area contributed by atoms with Crippen molar-refractivity contribution in [2.75, 3.05) is 46.7 Å². The van der Waals surface area contributed by atoms with Gasteiger partial charge in [0.25, 0.3) is 11.8 Å². The third-order valence-corrected chi connectivity index (χ3v) is 7.08. The number of hydrogen-bond donors (Lipinski definition) is 1. The molecule has 180 valence electrons. The second-order valence-electron chi connectivity index (χ2n) is 8.51. The first-order chi connectivity index (χ1) is 16.4. The van der Waals surface area contributed by atoms with Crippen molar-refractivity contribution in [1.82, 2.24) is 14.8 Å². The van der Waals surface area contributed by atoms with Crippen LogP contribution in [0.5, 0.6) is 5.75 Å². The predicted octanol–water partition coefficient (Wildman–Crippen LogP) is 3.97. The zero-order chi connectivity index (χ0) is 24.2. The molecular weight excluding hydrogens is 452 g/mol. The molecule has 0 spiro atoms. The molecule has 0 saturated carbocycles. The summed E-state index contributed by atoms with van der Waals surface area (Å²) in [6.07, 6.45) is 2.82. The van der Waals surface area contributed by atoms with Gasteiger partial charge in [0.2, 0.25) is 0 Å². The summed E-state index contributed by atoms with van der Waals surface area (Å²) in [6, 6.07) is 10.9. The first-order valence-electron chi connectivity index (χ1n) is 11.3. The summed E-state index contributed by atoms with van der Waals surface area (Å²) in [5.41, 5.74) is 8.15. The maximum atomic E-state index is 13.4. The van der Waals surface area contributed by atoms with E-state index in [1.807, 2.05) is 29.2 Å². The van der Waals surface area contributed by atoms with Crippen LogP contribution in [0.25, 0.3) is 10.2 Å². The van der Waals surface area contributed by atoms with Crippen LogP contribution in [-0.4, -0.2) is 67.6 Å². The van der Waals surface area contributed by atoms with Crippen molar-refractivity contribution < 1.29 is 19.1 Å². The fourth-order valence-electron chi connectivity index (χ4n) is 4.14. The fraction of sp³-hybridized carbons (Fsp3) is 0.400. The third kappa shape index (κ3) is 4.85. The lowest BCUT2D eigenvalue weighted by atomic mass is 9.97. The maximum Gasteiger partial charge on any atom is 0.265 e. The van der Waals surface area contributed by atoms with E-state index in [9.17, 15) is 9.59 Å². The Bertz CT molecular complexity index is 1180. The van der Waals surface area contributed by atoms with Gasteiger partial charge < -0.3 is 25.0 Å². The molecule has 4 rings (SSSR count). The van der Waals surface area contributed by atoms with Gasteiger partial charge in [0.05, 0.1) is 24.0 Å². The Morgan fingerprint density at radius 2 is 1.91 bits per heavy atom. The van der Waals surface area contributed by atoms with Crippen molar-refractivity contribution in [3.05, 3.63) is 52.5 Å². The Kier molecular flexibility index (Phi) is 7.33. The fourth-order valence-corrected chi connectivity index (χ4v) is 5.27. The van der Waals surface area contributed by atoms with Crippen LogP contribution in [0.2, 0.25) is 0 Å². The number of anilines is 1. The summed E-state index contributed by atoms with van der Waals surface area (Å²) in [5.74, 6) is 0.546. The molecule has 0 unspecified atom stereocenters. The normalized spacial score (nSPS) is 16.0. The number of nitrogen functional groups attached to an aromatic ring is 1. The lowest BCUT2D eigenvalue weighted by Gasteiger charge is -2.35. The topological polar surface area (TPSA) is 98.0 Å². The quantitative estimate of drug-likeness (QED) is 0.512. The van der Waals surface area contributed by atoms with Crippen molar-refractivity contribution in [2.45, 2.75) is 25.3 Å². The van der Waals surface area contributed by atoms with Crippen LogP contribution in [-0.2, 0) is 4.74 Å². The van der Waals surface area contributed by atoms with Gasteiger partial charge in [-0.2, -0.15) is 0 Å². The van der Waals surface area contributed by atoms with Crippen molar-refractivity contribution in [1.29, 1.82) is 0 Å². The van der Waals surface area contributed by atoms with Crippen molar-refractivity contribution >= 4 is 39.1 Å². The van der Waals surface area contributed by atoms with Gasteiger partial charge in [-0.3, -0.25) is 9.59 Å². The van der Waals surface area contributed by atoms with Gasteiger partial charge >= 0.3 is 0 Å². The highest BCUT2D eigenvalue weighted by Gasteiger charge is 2.30. The molecule has 1 saturated heterocycles. The monoisotopic (exact) mass is 482 g/mol. The molecule has 34 heavy (non-hydrogen) atoms. The number of nitrogens with zero attached hydrogens (tertiary/aromatic N) is 3. The van der Waals surface area contributed by atoms with E-state index in [2.05, 4.69) is 0 Å². The Morgan fingerprint density at radius 3 is 2.62 bits per heavy atom.